The van der Waals surface area contributed by atoms with Crippen LogP contribution in [0.4, 0.5) is 11.4 Å². The highest BCUT2D eigenvalue weighted by Gasteiger charge is 2.23. The minimum atomic E-state index is -0.204. The lowest BCUT2D eigenvalue weighted by molar-refractivity contribution is -0.123. The van der Waals surface area contributed by atoms with E-state index in [4.69, 9.17) is 5.73 Å². The summed E-state index contributed by atoms with van der Waals surface area (Å²) in [7, 11) is 0. The summed E-state index contributed by atoms with van der Waals surface area (Å²) in [5.41, 5.74) is 8.67. The van der Waals surface area contributed by atoms with Crippen LogP contribution in [0.1, 0.15) is 48.0 Å². The third-order valence-corrected chi connectivity index (χ3v) is 6.35. The zero-order valence-electron chi connectivity index (χ0n) is 18.3. The van der Waals surface area contributed by atoms with Gasteiger partial charge in [0.15, 0.2) is 0 Å². The molecule has 0 atom stereocenters. The summed E-state index contributed by atoms with van der Waals surface area (Å²) in [5.74, 6) is -0.258. The molecule has 2 aromatic carbocycles. The van der Waals surface area contributed by atoms with Crippen molar-refractivity contribution < 1.29 is 14.4 Å². The molecule has 3 N–H and O–H groups in total. The Hall–Kier alpha value is -3.19. The minimum absolute atomic E-state index is 0.0173. The van der Waals surface area contributed by atoms with Gasteiger partial charge in [-0.2, -0.15) is 0 Å². The third-order valence-electron chi connectivity index (χ3n) is 6.35. The Morgan fingerprint density at radius 2 is 1.75 bits per heavy atom. The smallest absolute Gasteiger partial charge is 0.255 e. The van der Waals surface area contributed by atoms with Crippen molar-refractivity contribution in [3.05, 3.63) is 59.7 Å². The first kappa shape index (κ1) is 22.0. The topological polar surface area (TPSA) is 95.7 Å². The van der Waals surface area contributed by atoms with E-state index in [0.29, 0.717) is 12.0 Å². The van der Waals surface area contributed by atoms with Crippen molar-refractivity contribution in [1.29, 1.82) is 0 Å². The predicted molar refractivity (Wildman–Crippen MR) is 124 cm³/mol. The molecule has 0 unspecified atom stereocenters. The molecule has 4 rings (SSSR count). The van der Waals surface area contributed by atoms with Crippen molar-refractivity contribution in [3.8, 4) is 0 Å². The van der Waals surface area contributed by atoms with Gasteiger partial charge in [-0.1, -0.05) is 12.1 Å². The minimum Gasteiger partial charge on any atom is -0.369 e. The number of rotatable bonds is 6. The van der Waals surface area contributed by atoms with Gasteiger partial charge in [-0.25, -0.2) is 0 Å². The van der Waals surface area contributed by atoms with E-state index in [9.17, 15) is 14.4 Å². The second-order valence-electron chi connectivity index (χ2n) is 8.66. The highest BCUT2D eigenvalue weighted by molar-refractivity contribution is 6.04. The lowest BCUT2D eigenvalue weighted by Gasteiger charge is -2.30. The predicted octanol–water partition coefficient (Wildman–Crippen LogP) is 3.15. The van der Waals surface area contributed by atoms with Gasteiger partial charge in [0.05, 0.1) is 0 Å². The molecule has 2 aliphatic rings. The molecule has 3 amide bonds. The molecule has 32 heavy (non-hydrogen) atoms. The van der Waals surface area contributed by atoms with Gasteiger partial charge in [0.2, 0.25) is 11.8 Å². The summed E-state index contributed by atoms with van der Waals surface area (Å²) in [6, 6.07) is 15.0. The molecule has 0 aliphatic carbocycles. The largest absolute Gasteiger partial charge is 0.369 e. The van der Waals surface area contributed by atoms with Crippen LogP contribution in [0.15, 0.2) is 48.5 Å². The Balaban J connectivity index is 1.34. The van der Waals surface area contributed by atoms with E-state index in [-0.39, 0.29) is 23.6 Å². The van der Waals surface area contributed by atoms with E-state index >= 15 is 0 Å². The van der Waals surface area contributed by atoms with Crippen molar-refractivity contribution in [3.63, 3.8) is 0 Å². The SMILES string of the molecule is NC(=O)C1CCN(Cc2cccc(NC(=O)c3ccc(N4CCCCC4=O)cc3)c2)CC1. The fourth-order valence-corrected chi connectivity index (χ4v) is 4.46. The van der Waals surface area contributed by atoms with Gasteiger partial charge >= 0.3 is 0 Å². The zero-order valence-corrected chi connectivity index (χ0v) is 18.3. The number of amides is 3. The molecule has 0 bridgehead atoms. The maximum atomic E-state index is 12.7. The van der Waals surface area contributed by atoms with E-state index in [2.05, 4.69) is 10.2 Å². The van der Waals surface area contributed by atoms with Crippen LogP contribution < -0.4 is 16.0 Å². The number of likely N-dealkylation sites (tertiary alicyclic amines) is 1. The number of carbonyl (C=O) groups excluding carboxylic acids is 3. The molecule has 0 aromatic heterocycles. The van der Waals surface area contributed by atoms with E-state index in [1.165, 1.54) is 0 Å². The van der Waals surface area contributed by atoms with Gasteiger partial charge in [-0.05, 0) is 80.7 Å². The molecule has 0 radical (unpaired) electrons. The zero-order chi connectivity index (χ0) is 22.5. The number of primary amides is 1. The molecule has 0 saturated carbocycles. The van der Waals surface area contributed by atoms with Crippen LogP contribution in [0.25, 0.3) is 0 Å². The van der Waals surface area contributed by atoms with Gasteiger partial charge in [0, 0.05) is 42.4 Å². The van der Waals surface area contributed by atoms with Gasteiger partial charge in [0.1, 0.15) is 0 Å². The molecule has 0 spiro atoms. The van der Waals surface area contributed by atoms with Crippen LogP contribution in [-0.4, -0.2) is 42.3 Å². The molecule has 2 aromatic rings. The van der Waals surface area contributed by atoms with Gasteiger partial charge in [-0.3, -0.25) is 19.3 Å². The van der Waals surface area contributed by atoms with Crippen LogP contribution >= 0.6 is 0 Å². The quantitative estimate of drug-likeness (QED) is 0.730. The van der Waals surface area contributed by atoms with Gasteiger partial charge in [-0.15, -0.1) is 0 Å². The first-order chi connectivity index (χ1) is 15.5. The molecule has 2 saturated heterocycles. The molecule has 2 aliphatic heterocycles. The molecule has 168 valence electrons. The van der Waals surface area contributed by atoms with Crippen LogP contribution in [0.2, 0.25) is 0 Å². The maximum Gasteiger partial charge on any atom is 0.255 e. The average Bonchev–Trinajstić information content (AvgIpc) is 2.80. The summed E-state index contributed by atoms with van der Waals surface area (Å²) >= 11 is 0. The normalized spacial score (nSPS) is 17.9. The number of benzene rings is 2. The molecule has 7 heteroatoms. The first-order valence-electron chi connectivity index (χ1n) is 11.3. The molecule has 2 fully saturated rings. The highest BCUT2D eigenvalue weighted by atomic mass is 16.2. The van der Waals surface area contributed by atoms with Crippen molar-refractivity contribution in [2.45, 2.75) is 38.6 Å². The number of nitrogens with zero attached hydrogens (tertiary/aromatic N) is 2. The summed E-state index contributed by atoms with van der Waals surface area (Å²) in [4.78, 5) is 40.3. The monoisotopic (exact) mass is 434 g/mol. The number of piperidine rings is 2. The van der Waals surface area contributed by atoms with Crippen molar-refractivity contribution in [2.75, 3.05) is 29.9 Å². The Morgan fingerprint density at radius 3 is 2.44 bits per heavy atom. The summed E-state index contributed by atoms with van der Waals surface area (Å²) < 4.78 is 0. The Bertz CT molecular complexity index is 981. The standard InChI is InChI=1S/C25H30N4O3/c26-24(31)19-11-14-28(15-12-19)17-18-4-3-5-21(16-18)27-25(32)20-7-9-22(10-8-20)29-13-2-1-6-23(29)30/h3-5,7-10,16,19H,1-2,6,11-15,17H2,(H2,26,31)(H,27,32). The molecule has 2 heterocycles. The van der Waals surface area contributed by atoms with Crippen molar-refractivity contribution >= 4 is 29.1 Å². The Kier molecular flexibility index (Phi) is 6.85. The number of anilines is 2. The van der Waals surface area contributed by atoms with E-state index in [1.54, 1.807) is 17.0 Å². The molecule has 7 nitrogen and oxygen atoms in total. The van der Waals surface area contributed by atoms with Crippen molar-refractivity contribution in [2.24, 2.45) is 11.7 Å². The summed E-state index contributed by atoms with van der Waals surface area (Å²) in [6.45, 7) is 3.19. The summed E-state index contributed by atoms with van der Waals surface area (Å²) in [5, 5.41) is 2.97. The van der Waals surface area contributed by atoms with Crippen LogP contribution in [0.3, 0.4) is 0 Å². The number of hydrogen-bond acceptors (Lipinski definition) is 4. The highest BCUT2D eigenvalue weighted by Crippen LogP contribution is 2.23. The van der Waals surface area contributed by atoms with Crippen molar-refractivity contribution in [1.82, 2.24) is 4.90 Å². The number of carbonyl (C=O) groups is 3. The van der Waals surface area contributed by atoms with Crippen LogP contribution in [0.5, 0.6) is 0 Å². The second-order valence-corrected chi connectivity index (χ2v) is 8.66. The lowest BCUT2D eigenvalue weighted by atomic mass is 9.96. The lowest BCUT2D eigenvalue weighted by Crippen LogP contribution is -2.38. The Labute approximate surface area is 188 Å². The van der Waals surface area contributed by atoms with Crippen LogP contribution in [-0.2, 0) is 16.1 Å². The number of hydrogen-bond donors (Lipinski definition) is 2. The fraction of sp³-hybridized carbons (Fsp3) is 0.400. The third kappa shape index (κ3) is 5.34. The van der Waals surface area contributed by atoms with Gasteiger partial charge in [0.25, 0.3) is 5.91 Å². The fourth-order valence-electron chi connectivity index (χ4n) is 4.46. The maximum absolute atomic E-state index is 12.7. The summed E-state index contributed by atoms with van der Waals surface area (Å²) in [6.07, 6.45) is 4.13. The van der Waals surface area contributed by atoms with Crippen LogP contribution in [0, 0.1) is 5.92 Å². The molecular weight excluding hydrogens is 404 g/mol. The number of nitrogens with two attached hydrogens (primary N) is 1. The van der Waals surface area contributed by atoms with Gasteiger partial charge < -0.3 is 16.0 Å². The Morgan fingerprint density at radius 1 is 1.00 bits per heavy atom. The number of nitrogens with one attached hydrogen (secondary N) is 1. The second kappa shape index (κ2) is 9.96. The van der Waals surface area contributed by atoms with E-state index < -0.39 is 0 Å². The first-order valence-corrected chi connectivity index (χ1v) is 11.3. The van der Waals surface area contributed by atoms with E-state index in [0.717, 1.165) is 68.8 Å². The van der Waals surface area contributed by atoms with E-state index in [1.807, 2.05) is 36.4 Å². The molecular formula is C25H30N4O3. The average molecular weight is 435 g/mol.